The van der Waals surface area contributed by atoms with E-state index in [1.54, 1.807) is 18.2 Å². The fraction of sp³-hybridized carbons (Fsp3) is 0.0476. The molecule has 8 heteroatoms. The first-order valence-corrected chi connectivity index (χ1v) is 9.63. The van der Waals surface area contributed by atoms with Gasteiger partial charge in [0.25, 0.3) is 11.6 Å². The van der Waals surface area contributed by atoms with E-state index in [4.69, 9.17) is 0 Å². The summed E-state index contributed by atoms with van der Waals surface area (Å²) in [6.07, 6.45) is 0. The molecular weight excluding hydrogens is 390 g/mol. The SMILES string of the molecule is O=C(CSc1cccc(NC(=O)c2ccc([N+](=O)[O-])cc2)c1)Nc1ccccc1. The molecule has 29 heavy (non-hydrogen) atoms. The first kappa shape index (κ1) is 20.1. The van der Waals surface area contributed by atoms with Crippen LogP contribution in [0, 0.1) is 10.1 Å². The minimum atomic E-state index is -0.518. The number of carbonyl (C=O) groups is 2. The van der Waals surface area contributed by atoms with Crippen LogP contribution in [0.15, 0.2) is 83.8 Å². The first-order valence-electron chi connectivity index (χ1n) is 8.65. The second-order valence-electron chi connectivity index (χ2n) is 5.99. The molecule has 0 aliphatic carbocycles. The summed E-state index contributed by atoms with van der Waals surface area (Å²) in [5.41, 5.74) is 1.55. The second-order valence-corrected chi connectivity index (χ2v) is 7.04. The highest BCUT2D eigenvalue weighted by Gasteiger charge is 2.10. The number of amides is 2. The van der Waals surface area contributed by atoms with Crippen molar-refractivity contribution < 1.29 is 14.5 Å². The fourth-order valence-electron chi connectivity index (χ4n) is 2.47. The predicted octanol–water partition coefficient (Wildman–Crippen LogP) is 4.58. The maximum atomic E-state index is 12.3. The Morgan fingerprint density at radius 2 is 1.55 bits per heavy atom. The molecule has 0 saturated carbocycles. The van der Waals surface area contributed by atoms with Gasteiger partial charge in [0.05, 0.1) is 10.7 Å². The van der Waals surface area contributed by atoms with E-state index in [1.165, 1.54) is 36.0 Å². The molecule has 2 N–H and O–H groups in total. The van der Waals surface area contributed by atoms with E-state index < -0.39 is 4.92 Å². The predicted molar refractivity (Wildman–Crippen MR) is 113 cm³/mol. The summed E-state index contributed by atoms with van der Waals surface area (Å²) >= 11 is 1.35. The Labute approximate surface area is 171 Å². The van der Waals surface area contributed by atoms with Crippen LogP contribution in [0.3, 0.4) is 0 Å². The van der Waals surface area contributed by atoms with Crippen molar-refractivity contribution in [3.05, 3.63) is 94.5 Å². The summed E-state index contributed by atoms with van der Waals surface area (Å²) in [5, 5.41) is 16.3. The standard InChI is InChI=1S/C21H17N3O4S/c25-20(22-16-5-2-1-3-6-16)14-29-19-8-4-7-17(13-19)23-21(26)15-9-11-18(12-10-15)24(27)28/h1-13H,14H2,(H,22,25)(H,23,26). The zero-order chi connectivity index (χ0) is 20.6. The first-order chi connectivity index (χ1) is 14.0. The Morgan fingerprint density at radius 3 is 2.24 bits per heavy atom. The quantitative estimate of drug-likeness (QED) is 0.339. The number of rotatable bonds is 7. The smallest absolute Gasteiger partial charge is 0.269 e. The number of nitrogens with one attached hydrogen (secondary N) is 2. The van der Waals surface area contributed by atoms with Crippen molar-refractivity contribution in [2.24, 2.45) is 0 Å². The Balaban J connectivity index is 1.56. The van der Waals surface area contributed by atoms with Crippen LogP contribution in [-0.2, 0) is 4.79 Å². The lowest BCUT2D eigenvalue weighted by molar-refractivity contribution is -0.384. The molecule has 3 aromatic carbocycles. The van der Waals surface area contributed by atoms with Crippen LogP contribution < -0.4 is 10.6 Å². The van der Waals surface area contributed by atoms with Crippen LogP contribution in [0.5, 0.6) is 0 Å². The van der Waals surface area contributed by atoms with Gasteiger partial charge < -0.3 is 10.6 Å². The average Bonchev–Trinajstić information content (AvgIpc) is 2.73. The van der Waals surface area contributed by atoms with Crippen molar-refractivity contribution in [3.8, 4) is 0 Å². The molecule has 0 atom stereocenters. The van der Waals surface area contributed by atoms with Crippen LogP contribution >= 0.6 is 11.8 Å². The zero-order valence-corrected chi connectivity index (χ0v) is 16.0. The molecule has 0 heterocycles. The van der Waals surface area contributed by atoms with Crippen LogP contribution in [0.4, 0.5) is 17.1 Å². The number of nitrogens with zero attached hydrogens (tertiary/aromatic N) is 1. The molecule has 0 fully saturated rings. The van der Waals surface area contributed by atoms with E-state index in [0.717, 1.165) is 10.6 Å². The second kappa shape index (κ2) is 9.52. The molecule has 3 rings (SSSR count). The molecule has 3 aromatic rings. The molecule has 0 saturated heterocycles. The molecule has 0 spiro atoms. The highest BCUT2D eigenvalue weighted by molar-refractivity contribution is 8.00. The summed E-state index contributed by atoms with van der Waals surface area (Å²) < 4.78 is 0. The monoisotopic (exact) mass is 407 g/mol. The van der Waals surface area contributed by atoms with Gasteiger partial charge in [-0.15, -0.1) is 11.8 Å². The number of non-ortho nitro benzene ring substituents is 1. The maximum absolute atomic E-state index is 12.3. The highest BCUT2D eigenvalue weighted by Crippen LogP contribution is 2.22. The van der Waals surface area contributed by atoms with Gasteiger partial charge in [-0.05, 0) is 42.5 Å². The molecule has 146 valence electrons. The van der Waals surface area contributed by atoms with Gasteiger partial charge in [-0.25, -0.2) is 0 Å². The van der Waals surface area contributed by atoms with E-state index in [2.05, 4.69) is 10.6 Å². The fourth-order valence-corrected chi connectivity index (χ4v) is 3.22. The molecule has 0 bridgehead atoms. The lowest BCUT2D eigenvalue weighted by Crippen LogP contribution is -2.14. The largest absolute Gasteiger partial charge is 0.325 e. The molecule has 2 amide bonds. The number of hydrogen-bond acceptors (Lipinski definition) is 5. The Bertz CT molecular complexity index is 1020. The Morgan fingerprint density at radius 1 is 0.862 bits per heavy atom. The summed E-state index contributed by atoms with van der Waals surface area (Å²) in [4.78, 5) is 35.4. The van der Waals surface area contributed by atoms with Crippen LogP contribution in [-0.4, -0.2) is 22.5 Å². The number of nitro benzene ring substituents is 1. The number of benzene rings is 3. The summed E-state index contributed by atoms with van der Waals surface area (Å²) in [5.74, 6) is -0.264. The van der Waals surface area contributed by atoms with Crippen molar-refractivity contribution in [1.82, 2.24) is 0 Å². The third kappa shape index (κ3) is 5.91. The van der Waals surface area contributed by atoms with Crippen molar-refractivity contribution >= 4 is 40.6 Å². The summed E-state index contributed by atoms with van der Waals surface area (Å²) in [7, 11) is 0. The number of anilines is 2. The van der Waals surface area contributed by atoms with Gasteiger partial charge >= 0.3 is 0 Å². The van der Waals surface area contributed by atoms with E-state index in [1.807, 2.05) is 36.4 Å². The average molecular weight is 407 g/mol. The molecule has 0 aliphatic heterocycles. The highest BCUT2D eigenvalue weighted by atomic mass is 32.2. The van der Waals surface area contributed by atoms with Crippen molar-refractivity contribution in [1.29, 1.82) is 0 Å². The van der Waals surface area contributed by atoms with Gasteiger partial charge in [-0.3, -0.25) is 19.7 Å². The van der Waals surface area contributed by atoms with E-state index in [0.29, 0.717) is 11.3 Å². The Kier molecular flexibility index (Phi) is 6.59. The molecule has 0 radical (unpaired) electrons. The van der Waals surface area contributed by atoms with Gasteiger partial charge in [0.15, 0.2) is 0 Å². The number of carbonyl (C=O) groups excluding carboxylic acids is 2. The molecule has 0 aliphatic rings. The number of hydrogen-bond donors (Lipinski definition) is 2. The number of thioether (sulfide) groups is 1. The number of nitro groups is 1. The van der Waals surface area contributed by atoms with Gasteiger partial charge in [0, 0.05) is 34.0 Å². The van der Waals surface area contributed by atoms with Crippen molar-refractivity contribution in [2.75, 3.05) is 16.4 Å². The maximum Gasteiger partial charge on any atom is 0.269 e. The third-order valence-corrected chi connectivity index (χ3v) is 4.85. The molecule has 0 unspecified atom stereocenters. The van der Waals surface area contributed by atoms with Gasteiger partial charge in [0.1, 0.15) is 0 Å². The number of para-hydroxylation sites is 1. The normalized spacial score (nSPS) is 10.2. The van der Waals surface area contributed by atoms with Gasteiger partial charge in [-0.1, -0.05) is 24.3 Å². The van der Waals surface area contributed by atoms with E-state index >= 15 is 0 Å². The van der Waals surface area contributed by atoms with E-state index in [-0.39, 0.29) is 23.3 Å². The minimum Gasteiger partial charge on any atom is -0.325 e. The molecule has 0 aromatic heterocycles. The topological polar surface area (TPSA) is 101 Å². The summed E-state index contributed by atoms with van der Waals surface area (Å²) in [6.45, 7) is 0. The van der Waals surface area contributed by atoms with Crippen molar-refractivity contribution in [2.45, 2.75) is 4.90 Å². The lowest BCUT2D eigenvalue weighted by atomic mass is 10.2. The molecular formula is C21H17N3O4S. The van der Waals surface area contributed by atoms with Crippen molar-refractivity contribution in [3.63, 3.8) is 0 Å². The zero-order valence-electron chi connectivity index (χ0n) is 15.2. The molecule has 7 nitrogen and oxygen atoms in total. The van der Waals surface area contributed by atoms with Gasteiger partial charge in [-0.2, -0.15) is 0 Å². The van der Waals surface area contributed by atoms with Gasteiger partial charge in [0.2, 0.25) is 5.91 Å². The lowest BCUT2D eigenvalue weighted by Gasteiger charge is -2.08. The minimum absolute atomic E-state index is 0.0753. The van der Waals surface area contributed by atoms with Crippen LogP contribution in [0.25, 0.3) is 0 Å². The van der Waals surface area contributed by atoms with Crippen LogP contribution in [0.2, 0.25) is 0 Å². The Hall–Kier alpha value is -3.65. The van der Waals surface area contributed by atoms with Crippen LogP contribution in [0.1, 0.15) is 10.4 Å². The third-order valence-electron chi connectivity index (χ3n) is 3.86. The summed E-state index contributed by atoms with van der Waals surface area (Å²) in [6, 6.07) is 21.7. The van der Waals surface area contributed by atoms with E-state index in [9.17, 15) is 19.7 Å².